The second-order valence-corrected chi connectivity index (χ2v) is 9.33. The van der Waals surface area contributed by atoms with Crippen LogP contribution in [-0.4, -0.2) is 72.6 Å². The Morgan fingerprint density at radius 1 is 0.917 bits per heavy atom. The molecule has 1 heterocycles. The molecule has 2 amide bonds. The molecule has 0 aromatic heterocycles. The van der Waals surface area contributed by atoms with Crippen molar-refractivity contribution in [2.45, 2.75) is 57.5 Å². The third kappa shape index (κ3) is 7.04. The number of alkyl halides is 6. The van der Waals surface area contributed by atoms with E-state index in [1.165, 1.54) is 7.05 Å². The first-order valence-corrected chi connectivity index (χ1v) is 12.0. The van der Waals surface area contributed by atoms with Gasteiger partial charge in [-0.15, -0.1) is 0 Å². The maximum absolute atomic E-state index is 13.1. The van der Waals surface area contributed by atoms with E-state index >= 15 is 0 Å². The standard InChI is InChI=1S/C24H31F6N3O3/c1-3-36-21(34)17-4-6-20(7-5-17)32-8-10-33(11-9-32)22(35)31(2)15-16-12-18(23(25,26)27)14-19(13-16)24(28,29)30/h12-14,17,20H,3-11,15H2,1-2H3. The van der Waals surface area contributed by atoms with E-state index in [-0.39, 0.29) is 30.1 Å². The summed E-state index contributed by atoms with van der Waals surface area (Å²) in [5.41, 5.74) is -3.05. The number of rotatable bonds is 5. The van der Waals surface area contributed by atoms with Crippen LogP contribution < -0.4 is 0 Å². The molecular weight excluding hydrogens is 492 g/mol. The van der Waals surface area contributed by atoms with Crippen LogP contribution in [-0.2, 0) is 28.4 Å². The molecule has 0 N–H and O–H groups in total. The van der Waals surface area contributed by atoms with Crippen LogP contribution in [0.15, 0.2) is 18.2 Å². The lowest BCUT2D eigenvalue weighted by Crippen LogP contribution is -2.54. The molecule has 1 aliphatic heterocycles. The van der Waals surface area contributed by atoms with Gasteiger partial charge in [0, 0.05) is 45.8 Å². The van der Waals surface area contributed by atoms with Crippen LogP contribution in [0.3, 0.4) is 0 Å². The summed E-state index contributed by atoms with van der Waals surface area (Å²) in [7, 11) is 1.36. The van der Waals surface area contributed by atoms with Crippen molar-refractivity contribution in [3.63, 3.8) is 0 Å². The number of nitrogens with zero attached hydrogens (tertiary/aromatic N) is 3. The molecule has 0 atom stereocenters. The zero-order valence-electron chi connectivity index (χ0n) is 20.3. The maximum atomic E-state index is 13.1. The molecule has 2 aliphatic rings. The fourth-order valence-corrected chi connectivity index (χ4v) is 4.91. The molecule has 202 valence electrons. The summed E-state index contributed by atoms with van der Waals surface area (Å²) in [6.45, 7) is 3.77. The molecule has 6 nitrogen and oxygen atoms in total. The van der Waals surface area contributed by atoms with E-state index in [0.29, 0.717) is 51.0 Å². The fraction of sp³-hybridized carbons (Fsp3) is 0.667. The Balaban J connectivity index is 1.55. The highest BCUT2D eigenvalue weighted by Gasteiger charge is 2.37. The van der Waals surface area contributed by atoms with Crippen molar-refractivity contribution in [1.82, 2.24) is 14.7 Å². The first-order chi connectivity index (χ1) is 16.8. The number of hydrogen-bond donors (Lipinski definition) is 0. The van der Waals surface area contributed by atoms with Crippen molar-refractivity contribution < 1.29 is 40.7 Å². The zero-order valence-corrected chi connectivity index (χ0v) is 20.3. The quantitative estimate of drug-likeness (QED) is 0.402. The van der Waals surface area contributed by atoms with Gasteiger partial charge >= 0.3 is 24.4 Å². The number of halogens is 6. The summed E-state index contributed by atoms with van der Waals surface area (Å²) in [6, 6.07) is 1.21. The van der Waals surface area contributed by atoms with E-state index in [2.05, 4.69) is 4.90 Å². The number of amides is 2. The summed E-state index contributed by atoms with van der Waals surface area (Å²) in [5.74, 6) is -0.232. The van der Waals surface area contributed by atoms with Gasteiger partial charge in [0.15, 0.2) is 0 Å². The first kappa shape index (κ1) is 28.1. The second kappa shape index (κ2) is 11.3. The highest BCUT2D eigenvalue weighted by molar-refractivity contribution is 5.74. The van der Waals surface area contributed by atoms with Gasteiger partial charge in [0.2, 0.25) is 0 Å². The first-order valence-electron chi connectivity index (χ1n) is 12.0. The number of piperazine rings is 1. The molecule has 1 saturated carbocycles. The maximum Gasteiger partial charge on any atom is 0.416 e. The Hall–Kier alpha value is -2.50. The third-order valence-electron chi connectivity index (χ3n) is 6.81. The highest BCUT2D eigenvalue weighted by atomic mass is 19.4. The van der Waals surface area contributed by atoms with Gasteiger partial charge in [0.1, 0.15) is 0 Å². The van der Waals surface area contributed by atoms with Crippen LogP contribution in [0.5, 0.6) is 0 Å². The van der Waals surface area contributed by atoms with E-state index in [9.17, 15) is 35.9 Å². The van der Waals surface area contributed by atoms with E-state index in [1.807, 2.05) is 0 Å². The van der Waals surface area contributed by atoms with E-state index in [0.717, 1.165) is 30.6 Å². The van der Waals surface area contributed by atoms with Crippen molar-refractivity contribution in [1.29, 1.82) is 0 Å². The molecule has 12 heteroatoms. The number of benzene rings is 1. The lowest BCUT2D eigenvalue weighted by Gasteiger charge is -2.42. The number of carbonyl (C=O) groups excluding carboxylic acids is 2. The lowest BCUT2D eigenvalue weighted by atomic mass is 9.85. The topological polar surface area (TPSA) is 53.1 Å². The molecule has 1 aliphatic carbocycles. The second-order valence-electron chi connectivity index (χ2n) is 9.33. The van der Waals surface area contributed by atoms with Crippen molar-refractivity contribution in [2.75, 3.05) is 39.8 Å². The minimum atomic E-state index is -4.94. The van der Waals surface area contributed by atoms with Gasteiger partial charge in [-0.2, -0.15) is 26.3 Å². The predicted octanol–water partition coefficient (Wildman–Crippen LogP) is 5.02. The summed E-state index contributed by atoms with van der Waals surface area (Å²) < 4.78 is 83.8. The van der Waals surface area contributed by atoms with E-state index < -0.39 is 29.5 Å². The zero-order chi connectivity index (χ0) is 26.7. The van der Waals surface area contributed by atoms with Gasteiger partial charge in [-0.1, -0.05) is 0 Å². The highest BCUT2D eigenvalue weighted by Crippen LogP contribution is 2.36. The van der Waals surface area contributed by atoms with Crippen molar-refractivity contribution in [3.8, 4) is 0 Å². The number of urea groups is 1. The van der Waals surface area contributed by atoms with Crippen LogP contribution in [0.4, 0.5) is 31.1 Å². The van der Waals surface area contributed by atoms with Crippen LogP contribution >= 0.6 is 0 Å². The predicted molar refractivity (Wildman–Crippen MR) is 119 cm³/mol. The molecule has 36 heavy (non-hydrogen) atoms. The molecule has 0 radical (unpaired) electrons. The number of ether oxygens (including phenoxy) is 1. The average Bonchev–Trinajstić information content (AvgIpc) is 2.82. The Morgan fingerprint density at radius 2 is 1.44 bits per heavy atom. The molecule has 0 unspecified atom stereocenters. The van der Waals surface area contributed by atoms with Gasteiger partial charge in [0.05, 0.1) is 23.7 Å². The van der Waals surface area contributed by atoms with Crippen molar-refractivity contribution in [3.05, 3.63) is 34.9 Å². The molecule has 1 aromatic rings. The lowest BCUT2D eigenvalue weighted by molar-refractivity contribution is -0.149. The minimum absolute atomic E-state index is 0.0742. The van der Waals surface area contributed by atoms with Gasteiger partial charge in [-0.05, 0) is 56.4 Å². The number of esters is 1. The Labute approximate surface area is 206 Å². The van der Waals surface area contributed by atoms with Crippen LogP contribution in [0.1, 0.15) is 49.3 Å². The Bertz CT molecular complexity index is 888. The summed E-state index contributed by atoms with van der Waals surface area (Å²) >= 11 is 0. The van der Waals surface area contributed by atoms with Gasteiger partial charge in [-0.3, -0.25) is 9.69 Å². The van der Waals surface area contributed by atoms with E-state index in [4.69, 9.17) is 4.74 Å². The van der Waals surface area contributed by atoms with Crippen LogP contribution in [0.25, 0.3) is 0 Å². The average molecular weight is 524 g/mol. The van der Waals surface area contributed by atoms with E-state index in [1.54, 1.807) is 11.8 Å². The van der Waals surface area contributed by atoms with Gasteiger partial charge < -0.3 is 14.5 Å². The minimum Gasteiger partial charge on any atom is -0.466 e. The monoisotopic (exact) mass is 523 g/mol. The van der Waals surface area contributed by atoms with Crippen LogP contribution in [0.2, 0.25) is 0 Å². The molecule has 2 fully saturated rings. The van der Waals surface area contributed by atoms with Gasteiger partial charge in [-0.25, -0.2) is 4.79 Å². The summed E-state index contributed by atoms with van der Waals surface area (Å²) in [4.78, 5) is 29.8. The molecular formula is C24H31F6N3O3. The molecule has 3 rings (SSSR count). The Morgan fingerprint density at radius 3 is 1.92 bits per heavy atom. The Kier molecular flexibility index (Phi) is 8.79. The molecule has 0 spiro atoms. The third-order valence-corrected chi connectivity index (χ3v) is 6.81. The number of carbonyl (C=O) groups is 2. The largest absolute Gasteiger partial charge is 0.466 e. The molecule has 1 saturated heterocycles. The summed E-state index contributed by atoms with van der Waals surface area (Å²) in [5, 5.41) is 0. The van der Waals surface area contributed by atoms with Crippen molar-refractivity contribution >= 4 is 12.0 Å². The van der Waals surface area contributed by atoms with Gasteiger partial charge in [0.25, 0.3) is 0 Å². The fourth-order valence-electron chi connectivity index (χ4n) is 4.91. The smallest absolute Gasteiger partial charge is 0.416 e. The molecule has 0 bridgehead atoms. The summed E-state index contributed by atoms with van der Waals surface area (Å²) in [6.07, 6.45) is -6.66. The van der Waals surface area contributed by atoms with Crippen LogP contribution in [0, 0.1) is 5.92 Å². The van der Waals surface area contributed by atoms with Crippen molar-refractivity contribution in [2.24, 2.45) is 5.92 Å². The number of hydrogen-bond acceptors (Lipinski definition) is 4. The SMILES string of the molecule is CCOC(=O)C1CCC(N2CCN(C(=O)N(C)Cc3cc(C(F)(F)F)cc(C(F)(F)F)c3)CC2)CC1. The normalized spacial score (nSPS) is 21.8. The molecule has 1 aromatic carbocycles.